The van der Waals surface area contributed by atoms with Gasteiger partial charge in [0.25, 0.3) is 5.91 Å². The summed E-state index contributed by atoms with van der Waals surface area (Å²) in [6.07, 6.45) is -1.06. The maximum atomic E-state index is 13.2. The van der Waals surface area contributed by atoms with Gasteiger partial charge in [-0.05, 0) is 42.2 Å². The minimum atomic E-state index is -4.54. The summed E-state index contributed by atoms with van der Waals surface area (Å²) >= 11 is 2.65. The second-order valence-electron chi connectivity index (χ2n) is 5.50. The van der Waals surface area contributed by atoms with E-state index in [2.05, 4.69) is 4.99 Å². The molecule has 2 aromatic rings. The Labute approximate surface area is 167 Å². The van der Waals surface area contributed by atoms with Crippen molar-refractivity contribution in [3.05, 3.63) is 58.5 Å². The van der Waals surface area contributed by atoms with E-state index in [4.69, 9.17) is 9.47 Å². The molecule has 3 rings (SSSR count). The van der Waals surface area contributed by atoms with E-state index in [1.54, 1.807) is 18.2 Å². The molecule has 0 spiro atoms. The summed E-state index contributed by atoms with van der Waals surface area (Å²) in [6, 6.07) is 9.67. The highest BCUT2D eigenvalue weighted by atomic mass is 32.2. The van der Waals surface area contributed by atoms with Crippen molar-refractivity contribution >= 4 is 39.9 Å². The number of halogens is 3. The van der Waals surface area contributed by atoms with Crippen molar-refractivity contribution < 1.29 is 27.4 Å². The largest absolute Gasteiger partial charge is 0.493 e. The molecule has 1 aliphatic rings. The van der Waals surface area contributed by atoms with Crippen molar-refractivity contribution in [2.75, 3.05) is 13.4 Å². The number of rotatable bonds is 4. The Hall–Kier alpha value is -2.39. The monoisotopic (exact) mass is 425 g/mol. The van der Waals surface area contributed by atoms with E-state index in [0.29, 0.717) is 14.8 Å². The van der Waals surface area contributed by atoms with Gasteiger partial charge in [0.15, 0.2) is 11.5 Å². The number of carbonyl (C=O) groups excluding carboxylic acids is 1. The van der Waals surface area contributed by atoms with Gasteiger partial charge < -0.3 is 9.47 Å². The quantitative estimate of drug-likeness (QED) is 0.576. The van der Waals surface area contributed by atoms with Gasteiger partial charge in [-0.1, -0.05) is 30.0 Å². The highest BCUT2D eigenvalue weighted by molar-refractivity contribution is 8.40. The van der Waals surface area contributed by atoms with Crippen molar-refractivity contribution in [2.45, 2.75) is 6.18 Å². The summed E-state index contributed by atoms with van der Waals surface area (Å²) in [7, 11) is 1.39. The lowest BCUT2D eigenvalue weighted by molar-refractivity contribution is -0.138. The summed E-state index contributed by atoms with van der Waals surface area (Å²) in [4.78, 5) is 16.3. The van der Waals surface area contributed by atoms with E-state index in [1.165, 1.54) is 54.9 Å². The van der Waals surface area contributed by atoms with Crippen molar-refractivity contribution in [3.63, 3.8) is 0 Å². The van der Waals surface area contributed by atoms with Crippen LogP contribution in [0, 0.1) is 0 Å². The van der Waals surface area contributed by atoms with Crippen LogP contribution in [0.1, 0.15) is 11.1 Å². The van der Waals surface area contributed by atoms with Gasteiger partial charge in [0.05, 0.1) is 17.6 Å². The fourth-order valence-corrected chi connectivity index (χ4v) is 3.82. The number of thioether (sulfide) groups is 2. The topological polar surface area (TPSA) is 47.9 Å². The number of carbonyl (C=O) groups is 1. The molecule has 0 saturated carbocycles. The molecule has 0 radical (unpaired) electrons. The minimum Gasteiger partial charge on any atom is -0.493 e. The van der Waals surface area contributed by atoms with Gasteiger partial charge in [0.1, 0.15) is 10.1 Å². The molecule has 0 bridgehead atoms. The van der Waals surface area contributed by atoms with Crippen LogP contribution < -0.4 is 9.47 Å². The Morgan fingerprint density at radius 3 is 2.50 bits per heavy atom. The number of amides is 1. The van der Waals surface area contributed by atoms with E-state index in [1.807, 2.05) is 6.26 Å². The van der Waals surface area contributed by atoms with Crippen LogP contribution in [-0.4, -0.2) is 23.6 Å². The van der Waals surface area contributed by atoms with Gasteiger partial charge in [-0.25, -0.2) is 0 Å². The first-order valence-corrected chi connectivity index (χ1v) is 9.94. The highest BCUT2D eigenvalue weighted by Crippen LogP contribution is 2.41. The summed E-state index contributed by atoms with van der Waals surface area (Å²) in [5.74, 6) is -0.271. The average Bonchev–Trinajstić information content (AvgIpc) is 3.02. The Kier molecular flexibility index (Phi) is 6.04. The lowest BCUT2D eigenvalue weighted by atomic mass is 10.1. The molecule has 0 aliphatic carbocycles. The molecule has 1 aliphatic heterocycles. The number of para-hydroxylation sites is 1. The smallest absolute Gasteiger partial charge is 0.419 e. The molecule has 9 heteroatoms. The molecule has 0 saturated heterocycles. The Morgan fingerprint density at radius 1 is 1.11 bits per heavy atom. The maximum Gasteiger partial charge on any atom is 0.419 e. The number of alkyl halides is 3. The molecule has 0 atom stereocenters. The summed E-state index contributed by atoms with van der Waals surface area (Å²) < 4.78 is 50.9. The predicted molar refractivity (Wildman–Crippen MR) is 106 cm³/mol. The molecule has 1 heterocycles. The summed E-state index contributed by atoms with van der Waals surface area (Å²) in [5.41, 5.74) is -0.236. The standard InChI is InChI=1S/C19H14F3NO3S2/c1-25-15-9-11(10-16-17(24)23-18(27-2)28-16)7-8-14(15)26-13-6-4-3-5-12(13)19(20,21)22/h3-10H,1-2H3. The normalized spacial score (nSPS) is 15.7. The molecular weight excluding hydrogens is 411 g/mol. The number of nitrogens with zero attached hydrogens (tertiary/aromatic N) is 1. The number of hydrogen-bond donors (Lipinski definition) is 0. The molecule has 0 aromatic heterocycles. The zero-order valence-corrected chi connectivity index (χ0v) is 16.4. The maximum absolute atomic E-state index is 13.2. The first kappa shape index (κ1) is 20.3. The molecule has 1 amide bonds. The van der Waals surface area contributed by atoms with E-state index < -0.39 is 11.7 Å². The third-order valence-electron chi connectivity index (χ3n) is 3.67. The fourth-order valence-electron chi connectivity index (χ4n) is 2.40. The van der Waals surface area contributed by atoms with Gasteiger partial charge in [-0.2, -0.15) is 18.2 Å². The van der Waals surface area contributed by atoms with Crippen molar-refractivity contribution in [1.82, 2.24) is 0 Å². The number of hydrogen-bond acceptors (Lipinski definition) is 5. The van der Waals surface area contributed by atoms with Gasteiger partial charge in [-0.15, -0.1) is 11.8 Å². The van der Waals surface area contributed by atoms with Crippen LogP contribution in [0.25, 0.3) is 6.08 Å². The van der Waals surface area contributed by atoms with Crippen LogP contribution in [0.4, 0.5) is 13.2 Å². The fraction of sp³-hybridized carbons (Fsp3) is 0.158. The Balaban J connectivity index is 1.89. The van der Waals surface area contributed by atoms with Crippen LogP contribution >= 0.6 is 23.5 Å². The minimum absolute atomic E-state index is 0.132. The van der Waals surface area contributed by atoms with Crippen LogP contribution in [0.15, 0.2) is 52.4 Å². The number of aliphatic imine (C=N–C) groups is 1. The molecule has 0 fully saturated rings. The van der Waals surface area contributed by atoms with Crippen LogP contribution in [-0.2, 0) is 11.0 Å². The van der Waals surface area contributed by atoms with Crippen molar-refractivity contribution in [2.24, 2.45) is 4.99 Å². The van der Waals surface area contributed by atoms with Crippen LogP contribution in [0.2, 0.25) is 0 Å². The third-order valence-corrected chi connectivity index (χ3v) is 5.64. The van der Waals surface area contributed by atoms with Crippen LogP contribution in [0.5, 0.6) is 17.2 Å². The molecular formula is C19H14F3NO3S2. The second kappa shape index (κ2) is 8.32. The lowest BCUT2D eigenvalue weighted by Gasteiger charge is -2.15. The molecule has 0 N–H and O–H groups in total. The van der Waals surface area contributed by atoms with E-state index in [-0.39, 0.29) is 23.2 Å². The number of methoxy groups -OCH3 is 1. The summed E-state index contributed by atoms with van der Waals surface area (Å²) in [6.45, 7) is 0. The molecule has 146 valence electrons. The highest BCUT2D eigenvalue weighted by Gasteiger charge is 2.34. The third kappa shape index (κ3) is 4.53. The molecule has 28 heavy (non-hydrogen) atoms. The lowest BCUT2D eigenvalue weighted by Crippen LogP contribution is -2.07. The second-order valence-corrected chi connectivity index (χ2v) is 7.59. The van der Waals surface area contributed by atoms with E-state index >= 15 is 0 Å². The zero-order valence-electron chi connectivity index (χ0n) is 14.7. The first-order valence-electron chi connectivity index (χ1n) is 7.90. The SMILES string of the molecule is COc1cc(C=C2SC(SC)=NC2=O)ccc1Oc1ccccc1C(F)(F)F. The van der Waals surface area contributed by atoms with Gasteiger partial charge in [0, 0.05) is 0 Å². The van der Waals surface area contributed by atoms with Crippen molar-refractivity contribution in [1.29, 1.82) is 0 Å². The molecule has 2 aromatic carbocycles. The number of benzene rings is 2. The Bertz CT molecular complexity index is 971. The van der Waals surface area contributed by atoms with Crippen molar-refractivity contribution in [3.8, 4) is 17.2 Å². The molecule has 4 nitrogen and oxygen atoms in total. The van der Waals surface area contributed by atoms with E-state index in [0.717, 1.165) is 6.07 Å². The Morgan fingerprint density at radius 2 is 1.86 bits per heavy atom. The van der Waals surface area contributed by atoms with Gasteiger partial charge in [0.2, 0.25) is 0 Å². The molecule has 0 unspecified atom stereocenters. The first-order chi connectivity index (χ1) is 13.3. The zero-order chi connectivity index (χ0) is 20.3. The van der Waals surface area contributed by atoms with Crippen LogP contribution in [0.3, 0.4) is 0 Å². The number of ether oxygens (including phenoxy) is 2. The van der Waals surface area contributed by atoms with Gasteiger partial charge >= 0.3 is 6.18 Å². The summed E-state index contributed by atoms with van der Waals surface area (Å²) in [5, 5.41) is 0. The van der Waals surface area contributed by atoms with E-state index in [9.17, 15) is 18.0 Å². The van der Waals surface area contributed by atoms with Gasteiger partial charge in [-0.3, -0.25) is 4.79 Å². The predicted octanol–water partition coefficient (Wildman–Crippen LogP) is 5.84. The average molecular weight is 425 g/mol.